The van der Waals surface area contributed by atoms with Crippen molar-refractivity contribution < 1.29 is 9.50 Å². The third kappa shape index (κ3) is 2.03. The molecule has 0 aliphatic carbocycles. The maximum atomic E-state index is 13.0. The summed E-state index contributed by atoms with van der Waals surface area (Å²) in [5.74, 6) is -0.376. The van der Waals surface area contributed by atoms with Crippen molar-refractivity contribution in [3.8, 4) is 0 Å². The Labute approximate surface area is 70.8 Å². The van der Waals surface area contributed by atoms with Crippen LogP contribution in [-0.4, -0.2) is 11.7 Å². The van der Waals surface area contributed by atoms with E-state index in [4.69, 9.17) is 5.73 Å². The van der Waals surface area contributed by atoms with Gasteiger partial charge < -0.3 is 10.8 Å². The zero-order chi connectivity index (χ0) is 8.97. The van der Waals surface area contributed by atoms with Gasteiger partial charge in [0.25, 0.3) is 0 Å². The molecule has 0 radical (unpaired) electrons. The minimum Gasteiger partial charge on any atom is -0.388 e. The molecule has 0 unspecified atom stereocenters. The lowest BCUT2D eigenvalue weighted by atomic mass is 10.1. The van der Waals surface area contributed by atoms with Crippen LogP contribution in [0.1, 0.15) is 18.1 Å². The highest BCUT2D eigenvalue weighted by atomic mass is 19.1. The van der Waals surface area contributed by atoms with Gasteiger partial charge in [0, 0.05) is 5.56 Å². The van der Waals surface area contributed by atoms with Gasteiger partial charge in [-0.05, 0) is 19.0 Å². The third-order valence-corrected chi connectivity index (χ3v) is 1.70. The van der Waals surface area contributed by atoms with E-state index in [0.717, 1.165) is 0 Å². The van der Waals surface area contributed by atoms with E-state index in [-0.39, 0.29) is 5.82 Å². The molecule has 0 bridgehead atoms. The van der Waals surface area contributed by atoms with Crippen LogP contribution < -0.4 is 5.73 Å². The Bertz CT molecular complexity index is 252. The van der Waals surface area contributed by atoms with Crippen LogP contribution >= 0.6 is 0 Å². The van der Waals surface area contributed by atoms with Crippen molar-refractivity contribution in [1.82, 2.24) is 0 Å². The van der Waals surface area contributed by atoms with Crippen molar-refractivity contribution in [3.05, 3.63) is 35.6 Å². The molecule has 2 nitrogen and oxygen atoms in total. The summed E-state index contributed by atoms with van der Waals surface area (Å²) < 4.78 is 13.0. The number of hydrogen-bond donors (Lipinski definition) is 2. The van der Waals surface area contributed by atoms with E-state index in [1.165, 1.54) is 6.07 Å². The first-order chi connectivity index (χ1) is 5.75. The zero-order valence-electron chi connectivity index (χ0n) is 6.70. The summed E-state index contributed by atoms with van der Waals surface area (Å²) in [6, 6.07) is 6.18. The zero-order valence-corrected chi connectivity index (χ0v) is 6.70. The van der Waals surface area contributed by atoms with Crippen molar-refractivity contribution in [2.45, 2.75) is 12.5 Å². The molecule has 0 saturated carbocycles. The molecule has 12 heavy (non-hydrogen) atoms. The molecular formula is C9H12FNO. The Morgan fingerprint density at radius 1 is 1.42 bits per heavy atom. The monoisotopic (exact) mass is 169 g/mol. The van der Waals surface area contributed by atoms with Gasteiger partial charge in [0.05, 0.1) is 6.10 Å². The Kier molecular flexibility index (Phi) is 3.19. The number of hydrogen-bond acceptors (Lipinski definition) is 2. The van der Waals surface area contributed by atoms with Gasteiger partial charge in [0.1, 0.15) is 5.82 Å². The van der Waals surface area contributed by atoms with Gasteiger partial charge in [-0.3, -0.25) is 0 Å². The second kappa shape index (κ2) is 4.18. The Morgan fingerprint density at radius 2 is 2.08 bits per heavy atom. The van der Waals surface area contributed by atoms with Gasteiger partial charge in [-0.15, -0.1) is 0 Å². The molecule has 1 aromatic rings. The van der Waals surface area contributed by atoms with Crippen LogP contribution in [0.4, 0.5) is 4.39 Å². The van der Waals surface area contributed by atoms with Crippen molar-refractivity contribution in [2.75, 3.05) is 6.54 Å². The number of nitrogens with two attached hydrogens (primary N) is 1. The predicted molar refractivity (Wildman–Crippen MR) is 45.0 cm³/mol. The number of benzene rings is 1. The molecular weight excluding hydrogens is 157 g/mol. The summed E-state index contributed by atoms with van der Waals surface area (Å²) in [7, 11) is 0. The molecule has 1 atom stereocenters. The van der Waals surface area contributed by atoms with Crippen molar-refractivity contribution in [1.29, 1.82) is 0 Å². The van der Waals surface area contributed by atoms with Gasteiger partial charge in [0.2, 0.25) is 0 Å². The van der Waals surface area contributed by atoms with Crippen LogP contribution in [0.15, 0.2) is 24.3 Å². The van der Waals surface area contributed by atoms with E-state index in [1.807, 2.05) is 0 Å². The summed E-state index contributed by atoms with van der Waals surface area (Å²) in [6.45, 7) is 0.357. The molecule has 0 amide bonds. The first-order valence-electron chi connectivity index (χ1n) is 3.88. The molecule has 0 heterocycles. The lowest BCUT2D eigenvalue weighted by molar-refractivity contribution is 0.165. The molecule has 0 aromatic heterocycles. The SMILES string of the molecule is NCC[C@H](O)c1ccccc1F. The lowest BCUT2D eigenvalue weighted by Gasteiger charge is -2.09. The average Bonchev–Trinajstić information content (AvgIpc) is 2.05. The molecule has 1 aromatic carbocycles. The second-order valence-corrected chi connectivity index (χ2v) is 2.61. The van der Waals surface area contributed by atoms with Crippen LogP contribution in [0.3, 0.4) is 0 Å². The largest absolute Gasteiger partial charge is 0.388 e. The molecule has 3 N–H and O–H groups in total. The topological polar surface area (TPSA) is 46.2 Å². The summed E-state index contributed by atoms with van der Waals surface area (Å²) >= 11 is 0. The summed E-state index contributed by atoms with van der Waals surface area (Å²) in [6.07, 6.45) is -0.391. The molecule has 3 heteroatoms. The Hall–Kier alpha value is -0.930. The maximum Gasteiger partial charge on any atom is 0.128 e. The average molecular weight is 169 g/mol. The number of rotatable bonds is 3. The molecule has 0 spiro atoms. The van der Waals surface area contributed by atoms with Gasteiger partial charge in [-0.1, -0.05) is 18.2 Å². The molecule has 1 rings (SSSR count). The molecule has 0 fully saturated rings. The van der Waals surface area contributed by atoms with Gasteiger partial charge in [0.15, 0.2) is 0 Å². The standard InChI is InChI=1S/C9H12FNO/c10-8-4-2-1-3-7(8)9(12)5-6-11/h1-4,9,12H,5-6,11H2/t9-/m0/s1. The Morgan fingerprint density at radius 3 is 2.67 bits per heavy atom. The highest BCUT2D eigenvalue weighted by Crippen LogP contribution is 2.18. The van der Waals surface area contributed by atoms with E-state index in [9.17, 15) is 9.50 Å². The number of aliphatic hydroxyl groups excluding tert-OH is 1. The lowest BCUT2D eigenvalue weighted by Crippen LogP contribution is -2.07. The fraction of sp³-hybridized carbons (Fsp3) is 0.333. The second-order valence-electron chi connectivity index (χ2n) is 2.61. The van der Waals surface area contributed by atoms with Crippen LogP contribution in [0.25, 0.3) is 0 Å². The van der Waals surface area contributed by atoms with Crippen molar-refractivity contribution in [2.24, 2.45) is 5.73 Å². The van der Waals surface area contributed by atoms with Gasteiger partial charge in [-0.2, -0.15) is 0 Å². The van der Waals surface area contributed by atoms with Crippen LogP contribution in [0.5, 0.6) is 0 Å². The summed E-state index contributed by atoms with van der Waals surface area (Å²) in [5.41, 5.74) is 5.56. The van der Waals surface area contributed by atoms with E-state index in [2.05, 4.69) is 0 Å². The minimum atomic E-state index is -0.781. The van der Waals surface area contributed by atoms with Crippen molar-refractivity contribution in [3.63, 3.8) is 0 Å². The fourth-order valence-electron chi connectivity index (χ4n) is 1.06. The predicted octanol–water partition coefficient (Wildman–Crippen LogP) is 1.21. The number of halogens is 1. The smallest absolute Gasteiger partial charge is 0.128 e. The highest BCUT2D eigenvalue weighted by Gasteiger charge is 2.09. The van der Waals surface area contributed by atoms with Crippen molar-refractivity contribution >= 4 is 0 Å². The fourth-order valence-corrected chi connectivity index (χ4v) is 1.06. The first-order valence-corrected chi connectivity index (χ1v) is 3.88. The van der Waals surface area contributed by atoms with E-state index in [1.54, 1.807) is 18.2 Å². The summed E-state index contributed by atoms with van der Waals surface area (Å²) in [4.78, 5) is 0. The number of aliphatic hydroxyl groups is 1. The van der Waals surface area contributed by atoms with E-state index in [0.29, 0.717) is 18.5 Å². The Balaban J connectivity index is 2.79. The minimum absolute atomic E-state index is 0.322. The normalized spacial score (nSPS) is 12.9. The quantitative estimate of drug-likeness (QED) is 0.714. The molecule has 0 saturated heterocycles. The maximum absolute atomic E-state index is 13.0. The van der Waals surface area contributed by atoms with E-state index < -0.39 is 6.10 Å². The summed E-state index contributed by atoms with van der Waals surface area (Å²) in [5, 5.41) is 9.38. The van der Waals surface area contributed by atoms with Crippen LogP contribution in [-0.2, 0) is 0 Å². The van der Waals surface area contributed by atoms with Crippen LogP contribution in [0, 0.1) is 5.82 Å². The highest BCUT2D eigenvalue weighted by molar-refractivity contribution is 5.19. The van der Waals surface area contributed by atoms with Gasteiger partial charge in [-0.25, -0.2) is 4.39 Å². The van der Waals surface area contributed by atoms with Gasteiger partial charge >= 0.3 is 0 Å². The first kappa shape index (κ1) is 9.16. The third-order valence-electron chi connectivity index (χ3n) is 1.70. The molecule has 0 aliphatic heterocycles. The van der Waals surface area contributed by atoms with E-state index >= 15 is 0 Å². The molecule has 66 valence electrons. The molecule has 0 aliphatic rings. The van der Waals surface area contributed by atoms with Crippen LogP contribution in [0.2, 0.25) is 0 Å².